The van der Waals surface area contributed by atoms with Gasteiger partial charge in [-0.2, -0.15) is 0 Å². The van der Waals surface area contributed by atoms with Crippen LogP contribution in [-0.4, -0.2) is 49.7 Å². The van der Waals surface area contributed by atoms with Gasteiger partial charge >= 0.3 is 0 Å². The van der Waals surface area contributed by atoms with Gasteiger partial charge in [-0.25, -0.2) is 0 Å². The fourth-order valence-electron chi connectivity index (χ4n) is 1.91. The van der Waals surface area contributed by atoms with Gasteiger partial charge in [0.05, 0.1) is 18.8 Å². The summed E-state index contributed by atoms with van der Waals surface area (Å²) in [4.78, 5) is 0. The van der Waals surface area contributed by atoms with Crippen molar-refractivity contribution in [1.82, 2.24) is 5.32 Å². The van der Waals surface area contributed by atoms with Crippen LogP contribution in [0.15, 0.2) is 0 Å². The third kappa shape index (κ3) is 6.36. The molecule has 0 amide bonds. The molecule has 0 aromatic carbocycles. The van der Waals surface area contributed by atoms with E-state index in [1.54, 1.807) is 0 Å². The number of aliphatic hydroxyl groups excluding tert-OH is 1. The zero-order valence-electron chi connectivity index (χ0n) is 11.3. The highest BCUT2D eigenvalue weighted by Crippen LogP contribution is 2.22. The van der Waals surface area contributed by atoms with Gasteiger partial charge in [0.2, 0.25) is 0 Å². The van der Waals surface area contributed by atoms with Crippen LogP contribution in [0.2, 0.25) is 0 Å². The maximum Gasteiger partial charge on any atom is 0.0897 e. The van der Waals surface area contributed by atoms with E-state index in [4.69, 9.17) is 9.47 Å². The molecule has 1 rings (SSSR count). The summed E-state index contributed by atoms with van der Waals surface area (Å²) in [5.74, 6) is 0.522. The van der Waals surface area contributed by atoms with Crippen molar-refractivity contribution < 1.29 is 14.6 Å². The van der Waals surface area contributed by atoms with Crippen molar-refractivity contribution >= 4 is 0 Å². The van der Waals surface area contributed by atoms with E-state index < -0.39 is 6.10 Å². The molecule has 17 heavy (non-hydrogen) atoms. The Hall–Kier alpha value is -0.160. The molecule has 0 aromatic heterocycles. The molecule has 1 unspecified atom stereocenters. The van der Waals surface area contributed by atoms with Gasteiger partial charge in [0.1, 0.15) is 0 Å². The minimum absolute atomic E-state index is 0.403. The molecule has 2 N–H and O–H groups in total. The van der Waals surface area contributed by atoms with Crippen LogP contribution in [0.25, 0.3) is 0 Å². The zero-order valence-corrected chi connectivity index (χ0v) is 11.3. The number of ether oxygens (including phenoxy) is 2. The summed E-state index contributed by atoms with van der Waals surface area (Å²) >= 11 is 0. The molecule has 1 aliphatic rings. The first kappa shape index (κ1) is 14.9. The second-order valence-corrected chi connectivity index (χ2v) is 5.24. The van der Waals surface area contributed by atoms with Crippen molar-refractivity contribution in [2.45, 2.75) is 51.9 Å². The summed E-state index contributed by atoms with van der Waals surface area (Å²) in [5, 5.41) is 13.0. The van der Waals surface area contributed by atoms with E-state index >= 15 is 0 Å². The van der Waals surface area contributed by atoms with Crippen molar-refractivity contribution in [3.05, 3.63) is 0 Å². The van der Waals surface area contributed by atoms with Crippen LogP contribution in [0.4, 0.5) is 0 Å². The van der Waals surface area contributed by atoms with Crippen LogP contribution in [0.1, 0.15) is 33.6 Å². The molecule has 0 radical (unpaired) electrons. The normalized spacial score (nSPS) is 25.9. The minimum Gasteiger partial charge on any atom is -0.389 e. The highest BCUT2D eigenvalue weighted by Gasteiger charge is 2.29. The summed E-state index contributed by atoms with van der Waals surface area (Å²) in [6.07, 6.45) is 2.15. The number of nitrogens with one attached hydrogen (secondary N) is 1. The highest BCUT2D eigenvalue weighted by atomic mass is 16.5. The lowest BCUT2D eigenvalue weighted by Crippen LogP contribution is -2.48. The Kier molecular flexibility index (Phi) is 7.04. The van der Waals surface area contributed by atoms with Gasteiger partial charge in [0, 0.05) is 25.8 Å². The van der Waals surface area contributed by atoms with Crippen LogP contribution in [-0.2, 0) is 9.47 Å². The van der Waals surface area contributed by atoms with Crippen LogP contribution in [0.5, 0.6) is 0 Å². The van der Waals surface area contributed by atoms with E-state index in [1.165, 1.54) is 0 Å². The molecule has 0 spiro atoms. The monoisotopic (exact) mass is 245 g/mol. The van der Waals surface area contributed by atoms with Gasteiger partial charge in [-0.1, -0.05) is 13.8 Å². The fraction of sp³-hybridized carbons (Fsp3) is 1.00. The lowest BCUT2D eigenvalue weighted by molar-refractivity contribution is -0.0173. The Morgan fingerprint density at radius 1 is 1.29 bits per heavy atom. The smallest absolute Gasteiger partial charge is 0.0897 e. The van der Waals surface area contributed by atoms with Crippen molar-refractivity contribution in [1.29, 1.82) is 0 Å². The van der Waals surface area contributed by atoms with E-state index in [0.29, 0.717) is 37.8 Å². The lowest BCUT2D eigenvalue weighted by atomic mass is 9.89. The molecule has 0 heterocycles. The largest absolute Gasteiger partial charge is 0.389 e. The van der Waals surface area contributed by atoms with Crippen LogP contribution >= 0.6 is 0 Å². The van der Waals surface area contributed by atoms with Crippen LogP contribution in [0.3, 0.4) is 0 Å². The average molecular weight is 245 g/mol. The number of aliphatic hydroxyl groups is 1. The van der Waals surface area contributed by atoms with Crippen LogP contribution in [0, 0.1) is 5.92 Å². The van der Waals surface area contributed by atoms with E-state index in [1.807, 2.05) is 6.92 Å². The second-order valence-electron chi connectivity index (χ2n) is 5.24. The fourth-order valence-corrected chi connectivity index (χ4v) is 1.91. The first-order valence-corrected chi connectivity index (χ1v) is 6.72. The molecule has 1 atom stereocenters. The molecule has 1 aliphatic carbocycles. The molecule has 1 saturated carbocycles. The van der Waals surface area contributed by atoms with E-state index in [9.17, 15) is 5.11 Å². The summed E-state index contributed by atoms with van der Waals surface area (Å²) in [7, 11) is 0. The molecule has 4 heteroatoms. The predicted octanol–water partition coefficient (Wildman–Crippen LogP) is 1.18. The van der Waals surface area contributed by atoms with Crippen molar-refractivity contribution in [3.63, 3.8) is 0 Å². The van der Waals surface area contributed by atoms with Crippen molar-refractivity contribution in [2.75, 3.05) is 26.4 Å². The van der Waals surface area contributed by atoms with Gasteiger partial charge in [-0.05, 0) is 25.7 Å². The summed E-state index contributed by atoms with van der Waals surface area (Å²) in [5.41, 5.74) is 0. The van der Waals surface area contributed by atoms with Gasteiger partial charge in [0.25, 0.3) is 0 Å². The molecule has 1 fully saturated rings. The van der Waals surface area contributed by atoms with E-state index in [0.717, 1.165) is 19.4 Å². The standard InChI is InChI=1S/C13H27NO3/c1-4-17-13-5-11(6-13)14-7-12(15)9-16-8-10(2)3/h10-15H,4-9H2,1-3H3. The first-order chi connectivity index (χ1) is 8.11. The maximum atomic E-state index is 9.68. The van der Waals surface area contributed by atoms with E-state index in [2.05, 4.69) is 19.2 Å². The second kappa shape index (κ2) is 8.03. The molecule has 0 aromatic rings. The Bertz CT molecular complexity index is 193. The van der Waals surface area contributed by atoms with Gasteiger partial charge in [-0.15, -0.1) is 0 Å². The Morgan fingerprint density at radius 3 is 2.59 bits per heavy atom. The average Bonchev–Trinajstić information content (AvgIpc) is 2.20. The van der Waals surface area contributed by atoms with Gasteiger partial charge in [-0.3, -0.25) is 0 Å². The third-order valence-corrected chi connectivity index (χ3v) is 2.90. The van der Waals surface area contributed by atoms with Crippen molar-refractivity contribution in [3.8, 4) is 0 Å². The van der Waals surface area contributed by atoms with Gasteiger partial charge in [0.15, 0.2) is 0 Å². The third-order valence-electron chi connectivity index (χ3n) is 2.90. The lowest BCUT2D eigenvalue weighted by Gasteiger charge is -2.36. The number of hydrogen-bond donors (Lipinski definition) is 2. The molecule has 4 nitrogen and oxygen atoms in total. The topological polar surface area (TPSA) is 50.7 Å². The zero-order chi connectivity index (χ0) is 12.7. The predicted molar refractivity (Wildman–Crippen MR) is 68.1 cm³/mol. The Balaban J connectivity index is 1.92. The maximum absolute atomic E-state index is 9.68. The SMILES string of the molecule is CCOC1CC(NCC(O)COCC(C)C)C1. The summed E-state index contributed by atoms with van der Waals surface area (Å²) < 4.78 is 10.9. The van der Waals surface area contributed by atoms with Crippen LogP contribution < -0.4 is 5.32 Å². The van der Waals surface area contributed by atoms with E-state index in [-0.39, 0.29) is 0 Å². The molecular formula is C13H27NO3. The minimum atomic E-state index is -0.403. The summed E-state index contributed by atoms with van der Waals surface area (Å²) in [6, 6.07) is 0.506. The first-order valence-electron chi connectivity index (χ1n) is 6.72. The Morgan fingerprint density at radius 2 is 2.00 bits per heavy atom. The van der Waals surface area contributed by atoms with Crippen molar-refractivity contribution in [2.24, 2.45) is 5.92 Å². The number of rotatable bonds is 9. The summed E-state index contributed by atoms with van der Waals surface area (Å²) in [6.45, 7) is 8.78. The molecule has 0 bridgehead atoms. The van der Waals surface area contributed by atoms with Gasteiger partial charge < -0.3 is 19.9 Å². The number of hydrogen-bond acceptors (Lipinski definition) is 4. The molecule has 0 saturated heterocycles. The molecule has 0 aliphatic heterocycles. The molecule has 102 valence electrons. The Labute approximate surface area is 105 Å². The quantitative estimate of drug-likeness (QED) is 0.640. The highest BCUT2D eigenvalue weighted by molar-refractivity contribution is 4.86. The molecular weight excluding hydrogens is 218 g/mol.